The summed E-state index contributed by atoms with van der Waals surface area (Å²) in [7, 11) is 6.26. The highest BCUT2D eigenvalue weighted by molar-refractivity contribution is 6.32. The topological polar surface area (TPSA) is 44.3 Å². The Hall–Kier alpha value is -2.50. The van der Waals surface area contributed by atoms with Crippen LogP contribution in [0.5, 0.6) is 0 Å². The Morgan fingerprint density at radius 1 is 1.14 bits per heavy atom. The van der Waals surface area contributed by atoms with Crippen molar-refractivity contribution in [2.45, 2.75) is 31.8 Å². The van der Waals surface area contributed by atoms with Crippen LogP contribution in [0.4, 0.5) is 5.69 Å². The van der Waals surface area contributed by atoms with Crippen LogP contribution in [0.25, 0.3) is 5.69 Å². The number of aryl methyl sites for hydroxylation is 1. The van der Waals surface area contributed by atoms with E-state index in [-0.39, 0.29) is 5.56 Å². The number of rotatable bonds is 5. The Bertz CT molecular complexity index is 1070. The van der Waals surface area contributed by atoms with Gasteiger partial charge < -0.3 is 4.90 Å². The van der Waals surface area contributed by atoms with E-state index in [0.29, 0.717) is 16.8 Å². The van der Waals surface area contributed by atoms with Crippen molar-refractivity contribution in [3.05, 3.63) is 80.7 Å². The van der Waals surface area contributed by atoms with Gasteiger partial charge in [-0.05, 0) is 56.1 Å². The number of aromatic amines is 1. The van der Waals surface area contributed by atoms with Crippen molar-refractivity contribution in [2.75, 3.05) is 26.0 Å². The summed E-state index contributed by atoms with van der Waals surface area (Å²) in [5.74, 6) is 0. The van der Waals surface area contributed by atoms with Crippen LogP contribution in [-0.2, 0) is 19.4 Å². The van der Waals surface area contributed by atoms with E-state index in [2.05, 4.69) is 60.3 Å². The van der Waals surface area contributed by atoms with Crippen molar-refractivity contribution in [1.82, 2.24) is 14.7 Å². The molecule has 0 fully saturated rings. The van der Waals surface area contributed by atoms with Gasteiger partial charge in [0, 0.05) is 43.6 Å². The maximum Gasteiger partial charge on any atom is 0.274 e. The van der Waals surface area contributed by atoms with Crippen LogP contribution in [0.3, 0.4) is 0 Å². The molecule has 0 bridgehead atoms. The van der Waals surface area contributed by atoms with Gasteiger partial charge in [0.15, 0.2) is 0 Å². The molecular formula is C23H27ClN4O. The van der Waals surface area contributed by atoms with Crippen LogP contribution in [0, 0.1) is 0 Å². The van der Waals surface area contributed by atoms with E-state index in [1.807, 2.05) is 24.3 Å². The second-order valence-corrected chi connectivity index (χ2v) is 8.44. The van der Waals surface area contributed by atoms with Gasteiger partial charge in [0.2, 0.25) is 0 Å². The normalized spacial score (nSPS) is 16.1. The molecule has 6 heteroatoms. The highest BCUT2D eigenvalue weighted by Gasteiger charge is 2.27. The summed E-state index contributed by atoms with van der Waals surface area (Å²) in [4.78, 5) is 17.5. The second kappa shape index (κ2) is 8.09. The molecule has 2 aromatic carbocycles. The summed E-state index contributed by atoms with van der Waals surface area (Å²) >= 11 is 6.31. The van der Waals surface area contributed by atoms with Gasteiger partial charge in [-0.3, -0.25) is 14.8 Å². The Kier molecular flexibility index (Phi) is 5.52. The molecule has 29 heavy (non-hydrogen) atoms. The molecule has 1 atom stereocenters. The fraction of sp³-hybridized carbons (Fsp3) is 0.348. The first-order chi connectivity index (χ1) is 13.9. The molecule has 4 rings (SSSR count). The lowest BCUT2D eigenvalue weighted by atomic mass is 9.92. The van der Waals surface area contributed by atoms with Crippen molar-refractivity contribution >= 4 is 17.3 Å². The van der Waals surface area contributed by atoms with Crippen LogP contribution in [0.1, 0.15) is 23.2 Å². The summed E-state index contributed by atoms with van der Waals surface area (Å²) in [6.45, 7) is 0.866. The van der Waals surface area contributed by atoms with Crippen molar-refractivity contribution in [2.24, 2.45) is 0 Å². The van der Waals surface area contributed by atoms with Gasteiger partial charge in [-0.1, -0.05) is 35.9 Å². The lowest BCUT2D eigenvalue weighted by Gasteiger charge is -2.31. The Labute approximate surface area is 176 Å². The molecule has 0 saturated heterocycles. The Morgan fingerprint density at radius 2 is 1.93 bits per heavy atom. The number of aromatic nitrogens is 2. The van der Waals surface area contributed by atoms with E-state index in [0.717, 1.165) is 37.1 Å². The molecule has 0 aliphatic heterocycles. The minimum Gasteiger partial charge on any atom is -0.378 e. The number of H-pyrrole nitrogens is 1. The summed E-state index contributed by atoms with van der Waals surface area (Å²) in [6.07, 6.45) is 2.65. The molecule has 1 unspecified atom stereocenters. The molecule has 1 aliphatic carbocycles. The van der Waals surface area contributed by atoms with Gasteiger partial charge >= 0.3 is 0 Å². The zero-order valence-electron chi connectivity index (χ0n) is 17.2. The van der Waals surface area contributed by atoms with Gasteiger partial charge in [0.1, 0.15) is 0 Å². The molecular weight excluding hydrogens is 384 g/mol. The second-order valence-electron chi connectivity index (χ2n) is 8.04. The quantitative estimate of drug-likeness (QED) is 0.694. The van der Waals surface area contributed by atoms with E-state index >= 15 is 0 Å². The lowest BCUT2D eigenvalue weighted by Crippen LogP contribution is -2.37. The van der Waals surface area contributed by atoms with E-state index in [1.54, 1.807) is 4.68 Å². The minimum atomic E-state index is 0.0146. The minimum absolute atomic E-state index is 0.0146. The predicted octanol–water partition coefficient (Wildman–Crippen LogP) is 3.87. The molecule has 0 amide bonds. The number of hydrogen-bond donors (Lipinski definition) is 1. The lowest BCUT2D eigenvalue weighted by molar-refractivity contribution is 0.213. The van der Waals surface area contributed by atoms with Crippen LogP contribution in [0.2, 0.25) is 5.02 Å². The fourth-order valence-electron chi connectivity index (χ4n) is 4.11. The third kappa shape index (κ3) is 3.98. The van der Waals surface area contributed by atoms with Crippen molar-refractivity contribution < 1.29 is 0 Å². The molecule has 0 saturated carbocycles. The number of hydrogen-bond acceptors (Lipinski definition) is 3. The molecule has 3 aromatic rings. The van der Waals surface area contributed by atoms with Crippen molar-refractivity contribution in [1.29, 1.82) is 0 Å². The number of likely N-dealkylation sites (N-methyl/N-ethyl adjacent to an activating group) is 1. The zero-order valence-corrected chi connectivity index (χ0v) is 17.9. The van der Waals surface area contributed by atoms with Crippen molar-refractivity contribution in [3.8, 4) is 5.69 Å². The average Bonchev–Trinajstić information content (AvgIpc) is 3.04. The first-order valence-electron chi connectivity index (χ1n) is 9.98. The first-order valence-corrected chi connectivity index (χ1v) is 10.4. The van der Waals surface area contributed by atoms with Gasteiger partial charge in [-0.15, -0.1) is 0 Å². The molecule has 1 heterocycles. The summed E-state index contributed by atoms with van der Waals surface area (Å²) in [6, 6.07) is 16.4. The van der Waals surface area contributed by atoms with Crippen LogP contribution in [-0.4, -0.2) is 41.9 Å². The molecule has 0 radical (unpaired) electrons. The largest absolute Gasteiger partial charge is 0.378 e. The molecule has 0 spiro atoms. The third-order valence-electron chi connectivity index (χ3n) is 5.82. The van der Waals surface area contributed by atoms with Crippen LogP contribution in [0.15, 0.2) is 53.3 Å². The maximum atomic E-state index is 13.1. The number of benzene rings is 2. The monoisotopic (exact) mass is 410 g/mol. The number of halogens is 1. The summed E-state index contributed by atoms with van der Waals surface area (Å²) < 4.78 is 1.59. The third-order valence-corrected chi connectivity index (χ3v) is 6.13. The van der Waals surface area contributed by atoms with Gasteiger partial charge in [-0.2, -0.15) is 0 Å². The molecule has 1 N–H and O–H groups in total. The molecule has 1 aromatic heterocycles. The predicted molar refractivity (Wildman–Crippen MR) is 119 cm³/mol. The first kappa shape index (κ1) is 19.8. The highest BCUT2D eigenvalue weighted by Crippen LogP contribution is 2.25. The van der Waals surface area contributed by atoms with Gasteiger partial charge in [0.25, 0.3) is 5.56 Å². The summed E-state index contributed by atoms with van der Waals surface area (Å²) in [5.41, 5.74) is 5.13. The smallest absolute Gasteiger partial charge is 0.274 e. The standard InChI is InChI=1S/C23H27ClN4O/c1-26(2)17-8-6-7-16(13-17)15-27(3)18-11-12-21-19(14-18)23(29)28(25-21)22-10-5-4-9-20(22)24/h4-10,13,18,25H,11-12,14-15H2,1-3H3. The average molecular weight is 411 g/mol. The SMILES string of the molecule is CN(C)c1cccc(CN(C)C2CCc3[nH]n(-c4ccccc4Cl)c(=O)c3C2)c1. The fourth-order valence-corrected chi connectivity index (χ4v) is 4.33. The number of anilines is 1. The van der Waals surface area contributed by atoms with E-state index < -0.39 is 0 Å². The van der Waals surface area contributed by atoms with Crippen molar-refractivity contribution in [3.63, 3.8) is 0 Å². The van der Waals surface area contributed by atoms with E-state index in [4.69, 9.17) is 11.6 Å². The Morgan fingerprint density at radius 3 is 2.69 bits per heavy atom. The summed E-state index contributed by atoms with van der Waals surface area (Å²) in [5, 5.41) is 3.86. The molecule has 152 valence electrons. The maximum absolute atomic E-state index is 13.1. The number of fused-ring (bicyclic) bond motifs is 1. The number of nitrogens with one attached hydrogen (secondary N) is 1. The molecule has 5 nitrogen and oxygen atoms in total. The number of nitrogens with zero attached hydrogens (tertiary/aromatic N) is 3. The van der Waals surface area contributed by atoms with Crippen LogP contribution >= 0.6 is 11.6 Å². The van der Waals surface area contributed by atoms with Gasteiger partial charge in [-0.25, -0.2) is 4.68 Å². The van der Waals surface area contributed by atoms with Gasteiger partial charge in [0.05, 0.1) is 10.7 Å². The Balaban J connectivity index is 1.54. The number of para-hydroxylation sites is 1. The van der Waals surface area contributed by atoms with E-state index in [1.165, 1.54) is 11.3 Å². The zero-order chi connectivity index (χ0) is 20.5. The highest BCUT2D eigenvalue weighted by atomic mass is 35.5. The van der Waals surface area contributed by atoms with Crippen LogP contribution < -0.4 is 10.5 Å². The molecule has 1 aliphatic rings. The van der Waals surface area contributed by atoms with E-state index in [9.17, 15) is 4.79 Å².